The van der Waals surface area contributed by atoms with Crippen molar-refractivity contribution in [1.82, 2.24) is 0 Å². The molecule has 4 saturated heterocycles. The molecule has 0 unspecified atom stereocenters. The van der Waals surface area contributed by atoms with Gasteiger partial charge in [0.25, 0.3) is 0 Å². The summed E-state index contributed by atoms with van der Waals surface area (Å²) in [6, 6.07) is 8.87. The molecule has 4 fully saturated rings. The zero-order valence-electron chi connectivity index (χ0n) is 35.5. The number of carbonyl (C=O) groups excluding carboxylic acids is 2. The van der Waals surface area contributed by atoms with E-state index in [4.69, 9.17) is 47.0 Å². The number of carbonyl (C=O) groups is 2. The van der Waals surface area contributed by atoms with E-state index in [-0.39, 0.29) is 28.2 Å². The third-order valence-corrected chi connectivity index (χ3v) is 11.6. The van der Waals surface area contributed by atoms with Crippen molar-refractivity contribution in [3.05, 3.63) is 59.9 Å². The highest BCUT2D eigenvalue weighted by Gasteiger charge is 2.51. The summed E-state index contributed by atoms with van der Waals surface area (Å²) in [6.07, 6.45) is -32.8. The number of hydrogen-bond acceptors (Lipinski definition) is 26. The molecular weight excluding hydrogens is 920 g/mol. The normalized spacial score (nSPS) is 38.9. The molecule has 20 atom stereocenters. The molecule has 26 heteroatoms. The number of ether oxygens (including phenoxy) is 9. The summed E-state index contributed by atoms with van der Waals surface area (Å²) in [7, 11) is 0. The lowest BCUT2D eigenvalue weighted by molar-refractivity contribution is -0.319. The lowest BCUT2D eigenvalue weighted by atomic mass is 9.98. The molecule has 4 aliphatic heterocycles. The molecular formula is C42H52O26. The summed E-state index contributed by atoms with van der Waals surface area (Å²) in [6.45, 7) is -1.00. The predicted octanol–water partition coefficient (Wildman–Crippen LogP) is -5.43. The maximum absolute atomic E-state index is 13.4. The molecule has 5 heterocycles. The van der Waals surface area contributed by atoms with Gasteiger partial charge >= 0.3 is 11.9 Å². The van der Waals surface area contributed by atoms with Gasteiger partial charge in [-0.3, -0.25) is 0 Å². The Morgan fingerprint density at radius 1 is 0.603 bits per heavy atom. The molecule has 0 amide bonds. The minimum atomic E-state index is -2.05. The first kappa shape index (κ1) is 51.2. The molecule has 2 aromatic carbocycles. The summed E-state index contributed by atoms with van der Waals surface area (Å²) in [5.41, 5.74) is 0.155. The second kappa shape index (κ2) is 21.5. The van der Waals surface area contributed by atoms with Crippen molar-refractivity contribution in [2.24, 2.45) is 0 Å². The zero-order chi connectivity index (χ0) is 49.3. The number of furan rings is 1. The summed E-state index contributed by atoms with van der Waals surface area (Å²) in [5.74, 6) is -3.88. The van der Waals surface area contributed by atoms with E-state index in [9.17, 15) is 81.1 Å². The van der Waals surface area contributed by atoms with E-state index in [1.807, 2.05) is 0 Å². The lowest BCUT2D eigenvalue weighted by Crippen LogP contribution is -2.62. The highest BCUT2D eigenvalue weighted by Crippen LogP contribution is 2.38. The van der Waals surface area contributed by atoms with E-state index in [1.54, 1.807) is 0 Å². The summed E-state index contributed by atoms with van der Waals surface area (Å²) < 4.78 is 56.0. The van der Waals surface area contributed by atoms with Crippen LogP contribution in [0.3, 0.4) is 0 Å². The topological polar surface area (TPSA) is 414 Å². The van der Waals surface area contributed by atoms with Crippen molar-refractivity contribution in [2.45, 2.75) is 130 Å². The first-order chi connectivity index (χ1) is 32.3. The molecule has 0 saturated carbocycles. The molecule has 376 valence electrons. The van der Waals surface area contributed by atoms with E-state index in [1.165, 1.54) is 37.3 Å². The van der Waals surface area contributed by atoms with Gasteiger partial charge in [0.15, 0.2) is 18.5 Å². The van der Waals surface area contributed by atoms with Crippen LogP contribution in [0.25, 0.3) is 17.0 Å². The van der Waals surface area contributed by atoms with Crippen LogP contribution in [-0.2, 0) is 38.0 Å². The van der Waals surface area contributed by atoms with Gasteiger partial charge in [-0.2, -0.15) is 0 Å². The van der Waals surface area contributed by atoms with Crippen LogP contribution in [0, 0.1) is 0 Å². The van der Waals surface area contributed by atoms with Crippen LogP contribution in [-0.4, -0.2) is 226 Å². The van der Waals surface area contributed by atoms with Crippen LogP contribution in [0.2, 0.25) is 0 Å². The quantitative estimate of drug-likeness (QED) is 0.0529. The molecule has 4 aliphatic rings. The first-order valence-electron chi connectivity index (χ1n) is 21.0. The van der Waals surface area contributed by atoms with E-state index in [2.05, 4.69) is 0 Å². The number of aromatic hydroxyl groups is 1. The average molecular weight is 973 g/mol. The number of esters is 2. The van der Waals surface area contributed by atoms with E-state index >= 15 is 0 Å². The van der Waals surface area contributed by atoms with Gasteiger partial charge in [0, 0.05) is 24.3 Å². The number of aliphatic hydroxyl groups is 13. The number of phenols is 1. The number of rotatable bonds is 14. The SMILES string of the molecule is C[C@H]1O[C@H](OC[C@H]2O[C@@H](Oc3cc(O[C@@H]4O[C@H](CO)[C@@H](O)[C@H](O)[C@H]4O)c4cc(C(=O)O[C@@H]5O[C@H](CO)[C@@H](O)[C@H](O)[C@H]5O)oc4c3)[C@H](O)[C@@H](OC(=O)/C=C/c3ccc(O)cc3)[C@@H]2O)[C@@H](O)[C@@H](O)[C@@H]1O. The standard InChI is InChI=1S/C42H52O26/c1-14-26(47)30(51)33(54)39(60-14)59-13-24-29(50)37(67-25(46)7-4-15-2-5-16(45)6-3-15)36(57)42(66-24)61-17-8-19-18(20(9-17)63-40-34(55)31(52)27(48)22(11-43)64-40)10-21(62-19)38(58)68-41-35(56)32(53)28(49)23(12-44)65-41/h2-10,14,22-24,26-37,39-45,47-57H,11-13H2,1H3/b7-4+/t14-,22-,23-,24-,26-,27-,28-,29-,30+,31+,32+,33+,34-,35-,36-,37+,39+,40-,41+,42-/m1/s1. The van der Waals surface area contributed by atoms with Gasteiger partial charge in [-0.05, 0) is 30.7 Å². The highest BCUT2D eigenvalue weighted by molar-refractivity contribution is 5.95. The molecule has 3 aromatic rings. The van der Waals surface area contributed by atoms with Crippen LogP contribution < -0.4 is 9.47 Å². The maximum atomic E-state index is 13.4. The fourth-order valence-corrected chi connectivity index (χ4v) is 7.64. The molecule has 7 rings (SSSR count). The zero-order valence-corrected chi connectivity index (χ0v) is 35.5. The van der Waals surface area contributed by atoms with Crippen molar-refractivity contribution in [3.63, 3.8) is 0 Å². The Morgan fingerprint density at radius 2 is 1.18 bits per heavy atom. The van der Waals surface area contributed by atoms with Crippen molar-refractivity contribution in [3.8, 4) is 17.2 Å². The lowest BCUT2D eigenvalue weighted by Gasteiger charge is -2.43. The Morgan fingerprint density at radius 3 is 1.82 bits per heavy atom. The van der Waals surface area contributed by atoms with E-state index in [0.29, 0.717) is 5.56 Å². The summed E-state index contributed by atoms with van der Waals surface area (Å²) >= 11 is 0. The molecule has 0 radical (unpaired) electrons. The van der Waals surface area contributed by atoms with Crippen LogP contribution in [0.1, 0.15) is 23.0 Å². The van der Waals surface area contributed by atoms with Crippen LogP contribution in [0.15, 0.2) is 53.0 Å². The van der Waals surface area contributed by atoms with Crippen LogP contribution in [0.5, 0.6) is 17.2 Å². The minimum Gasteiger partial charge on any atom is -0.508 e. The Balaban J connectivity index is 1.19. The van der Waals surface area contributed by atoms with Gasteiger partial charge in [0.2, 0.25) is 24.6 Å². The molecule has 0 bridgehead atoms. The largest absolute Gasteiger partial charge is 0.508 e. The van der Waals surface area contributed by atoms with Crippen molar-refractivity contribution in [2.75, 3.05) is 19.8 Å². The summed E-state index contributed by atoms with van der Waals surface area (Å²) in [4.78, 5) is 26.5. The number of benzene rings is 2. The van der Waals surface area contributed by atoms with Gasteiger partial charge in [0.05, 0.1) is 31.3 Å². The van der Waals surface area contributed by atoms with Gasteiger partial charge < -0.3 is 119 Å². The molecule has 68 heavy (non-hydrogen) atoms. The van der Waals surface area contributed by atoms with Crippen molar-refractivity contribution < 1.29 is 128 Å². The van der Waals surface area contributed by atoms with Gasteiger partial charge in [0.1, 0.15) is 102 Å². The number of fused-ring (bicyclic) bond motifs is 1. The molecule has 14 N–H and O–H groups in total. The predicted molar refractivity (Wildman–Crippen MR) is 216 cm³/mol. The fraction of sp³-hybridized carbons (Fsp3) is 0.571. The second-order valence-electron chi connectivity index (χ2n) is 16.3. The van der Waals surface area contributed by atoms with E-state index < -0.39 is 160 Å². The minimum absolute atomic E-state index is 0.0442. The molecule has 0 aliphatic carbocycles. The van der Waals surface area contributed by atoms with E-state index in [0.717, 1.165) is 24.3 Å². The molecule has 0 spiro atoms. The van der Waals surface area contributed by atoms with Gasteiger partial charge in [-0.1, -0.05) is 12.1 Å². The van der Waals surface area contributed by atoms with Crippen LogP contribution in [0.4, 0.5) is 0 Å². The van der Waals surface area contributed by atoms with Crippen molar-refractivity contribution >= 4 is 29.0 Å². The van der Waals surface area contributed by atoms with Crippen LogP contribution >= 0.6 is 0 Å². The molecule has 26 nitrogen and oxygen atoms in total. The maximum Gasteiger partial charge on any atom is 0.376 e. The number of hydrogen-bond donors (Lipinski definition) is 14. The molecule has 1 aromatic heterocycles. The van der Waals surface area contributed by atoms with Gasteiger partial charge in [-0.25, -0.2) is 9.59 Å². The Hall–Kier alpha value is -4.66. The Kier molecular flexibility index (Phi) is 16.2. The Labute approximate surface area is 383 Å². The van der Waals surface area contributed by atoms with Crippen molar-refractivity contribution in [1.29, 1.82) is 0 Å². The average Bonchev–Trinajstić information content (AvgIpc) is 3.76. The first-order valence-corrected chi connectivity index (χ1v) is 21.0. The highest BCUT2D eigenvalue weighted by atomic mass is 16.7. The third-order valence-electron chi connectivity index (χ3n) is 11.6. The Bertz CT molecular complexity index is 2200. The monoisotopic (exact) mass is 972 g/mol. The number of aliphatic hydroxyl groups excluding tert-OH is 13. The van der Waals surface area contributed by atoms with Gasteiger partial charge in [-0.15, -0.1) is 0 Å². The fourth-order valence-electron chi connectivity index (χ4n) is 7.64. The summed E-state index contributed by atoms with van der Waals surface area (Å²) in [5, 5.41) is 145. The third kappa shape index (κ3) is 10.9. The smallest absolute Gasteiger partial charge is 0.376 e. The number of phenolic OH excluding ortho intramolecular Hbond substituents is 1. The second-order valence-corrected chi connectivity index (χ2v) is 16.3.